The van der Waals surface area contributed by atoms with Crippen molar-refractivity contribution in [2.45, 2.75) is 47.5 Å². The predicted octanol–water partition coefficient (Wildman–Crippen LogP) is 5.36. The topological polar surface area (TPSA) is 26.3 Å². The van der Waals surface area contributed by atoms with Crippen LogP contribution in [0.4, 0.5) is 8.78 Å². The van der Waals surface area contributed by atoms with Crippen LogP contribution in [-0.2, 0) is 16.0 Å². The lowest BCUT2D eigenvalue weighted by atomic mass is 9.90. The Kier molecular flexibility index (Phi) is 5.93. The van der Waals surface area contributed by atoms with Crippen LogP contribution in [0.1, 0.15) is 41.2 Å². The Morgan fingerprint density at radius 2 is 1.56 bits per heavy atom. The summed E-state index contributed by atoms with van der Waals surface area (Å²) in [5.74, 6) is -1.64. The van der Waals surface area contributed by atoms with Crippen molar-refractivity contribution in [1.29, 1.82) is 0 Å². The van der Waals surface area contributed by atoms with Gasteiger partial charge in [-0.2, -0.15) is 0 Å². The molecule has 2 aromatic rings. The van der Waals surface area contributed by atoms with Crippen LogP contribution < -0.4 is 0 Å². The fourth-order valence-corrected chi connectivity index (χ4v) is 3.31. The maximum atomic E-state index is 15.1. The van der Waals surface area contributed by atoms with Crippen LogP contribution in [0.25, 0.3) is 11.1 Å². The molecule has 0 spiro atoms. The third kappa shape index (κ3) is 4.06. The highest BCUT2D eigenvalue weighted by molar-refractivity contribution is 5.74. The van der Waals surface area contributed by atoms with E-state index in [-0.39, 0.29) is 25.0 Å². The average molecular weight is 346 g/mol. The first-order chi connectivity index (χ1) is 11.8. The molecule has 0 aliphatic rings. The van der Waals surface area contributed by atoms with Gasteiger partial charge >= 0.3 is 5.97 Å². The second kappa shape index (κ2) is 7.77. The SMILES string of the molecule is CCOC(=O)CCc1c(F)c(C)cc(-c2c(C)cc(C)cc2C)c1F. The van der Waals surface area contributed by atoms with Gasteiger partial charge in [0.15, 0.2) is 0 Å². The van der Waals surface area contributed by atoms with E-state index in [0.717, 1.165) is 22.3 Å². The van der Waals surface area contributed by atoms with E-state index in [2.05, 4.69) is 0 Å². The van der Waals surface area contributed by atoms with Crippen LogP contribution in [0.15, 0.2) is 18.2 Å². The van der Waals surface area contributed by atoms with Gasteiger partial charge in [-0.25, -0.2) is 8.78 Å². The Labute approximate surface area is 147 Å². The van der Waals surface area contributed by atoms with E-state index in [4.69, 9.17) is 4.74 Å². The second-order valence-electron chi connectivity index (χ2n) is 6.43. The van der Waals surface area contributed by atoms with Crippen LogP contribution >= 0.6 is 0 Å². The maximum absolute atomic E-state index is 15.1. The minimum atomic E-state index is -0.595. The van der Waals surface area contributed by atoms with Gasteiger partial charge < -0.3 is 4.74 Å². The van der Waals surface area contributed by atoms with Gasteiger partial charge in [-0.05, 0) is 69.4 Å². The van der Waals surface area contributed by atoms with Gasteiger partial charge in [-0.15, -0.1) is 0 Å². The molecule has 4 heteroatoms. The minimum absolute atomic E-state index is 0.0187. The Bertz CT molecular complexity index is 787. The highest BCUT2D eigenvalue weighted by Gasteiger charge is 2.20. The Morgan fingerprint density at radius 3 is 2.12 bits per heavy atom. The molecule has 0 radical (unpaired) electrons. The number of hydrogen-bond acceptors (Lipinski definition) is 2. The molecule has 0 aromatic heterocycles. The lowest BCUT2D eigenvalue weighted by Crippen LogP contribution is -2.09. The molecule has 134 valence electrons. The lowest BCUT2D eigenvalue weighted by molar-refractivity contribution is -0.143. The summed E-state index contributed by atoms with van der Waals surface area (Å²) < 4.78 is 34.4. The predicted molar refractivity (Wildman–Crippen MR) is 95.7 cm³/mol. The summed E-state index contributed by atoms with van der Waals surface area (Å²) in [7, 11) is 0. The van der Waals surface area contributed by atoms with Crippen LogP contribution in [-0.4, -0.2) is 12.6 Å². The van der Waals surface area contributed by atoms with Crippen LogP contribution in [0.2, 0.25) is 0 Å². The Balaban J connectivity index is 2.53. The Morgan fingerprint density at radius 1 is 0.960 bits per heavy atom. The third-order valence-corrected chi connectivity index (χ3v) is 4.30. The number of aryl methyl sites for hydroxylation is 4. The van der Waals surface area contributed by atoms with E-state index >= 15 is 4.39 Å². The highest BCUT2D eigenvalue weighted by Crippen LogP contribution is 2.34. The van der Waals surface area contributed by atoms with Crippen molar-refractivity contribution in [3.63, 3.8) is 0 Å². The summed E-state index contributed by atoms with van der Waals surface area (Å²) >= 11 is 0. The zero-order chi connectivity index (χ0) is 18.7. The summed E-state index contributed by atoms with van der Waals surface area (Å²) in [6.07, 6.45) is -0.0639. The van der Waals surface area contributed by atoms with Gasteiger partial charge in [0, 0.05) is 17.5 Å². The Hall–Kier alpha value is -2.23. The van der Waals surface area contributed by atoms with Gasteiger partial charge in [0.1, 0.15) is 11.6 Å². The minimum Gasteiger partial charge on any atom is -0.466 e. The smallest absolute Gasteiger partial charge is 0.306 e. The number of hydrogen-bond donors (Lipinski definition) is 0. The van der Waals surface area contributed by atoms with E-state index in [9.17, 15) is 9.18 Å². The lowest BCUT2D eigenvalue weighted by Gasteiger charge is -2.16. The van der Waals surface area contributed by atoms with E-state index in [1.165, 1.54) is 0 Å². The van der Waals surface area contributed by atoms with Crippen molar-refractivity contribution >= 4 is 5.97 Å². The molecule has 25 heavy (non-hydrogen) atoms. The van der Waals surface area contributed by atoms with Gasteiger partial charge in [-0.3, -0.25) is 4.79 Å². The van der Waals surface area contributed by atoms with Crippen molar-refractivity contribution in [1.82, 2.24) is 0 Å². The number of ether oxygens (including phenoxy) is 1. The zero-order valence-corrected chi connectivity index (χ0v) is 15.4. The first-order valence-corrected chi connectivity index (χ1v) is 8.47. The van der Waals surface area contributed by atoms with Gasteiger partial charge in [0.05, 0.1) is 6.61 Å². The largest absolute Gasteiger partial charge is 0.466 e. The third-order valence-electron chi connectivity index (χ3n) is 4.30. The molecule has 2 nitrogen and oxygen atoms in total. The molecule has 0 aliphatic heterocycles. The molecular formula is C21H24F2O2. The van der Waals surface area contributed by atoms with Gasteiger partial charge in [0.2, 0.25) is 0 Å². The fourth-order valence-electron chi connectivity index (χ4n) is 3.31. The number of carbonyl (C=O) groups is 1. The summed E-state index contributed by atoms with van der Waals surface area (Å²) in [6, 6.07) is 5.51. The van der Waals surface area contributed by atoms with Crippen molar-refractivity contribution < 1.29 is 18.3 Å². The molecule has 0 saturated carbocycles. The average Bonchev–Trinajstić information content (AvgIpc) is 2.51. The number of carbonyl (C=O) groups excluding carboxylic acids is 1. The highest BCUT2D eigenvalue weighted by atomic mass is 19.1. The van der Waals surface area contributed by atoms with E-state index < -0.39 is 17.6 Å². The number of halogens is 2. The summed E-state index contributed by atoms with van der Waals surface area (Å²) in [5, 5.41) is 0. The van der Waals surface area contributed by atoms with Crippen LogP contribution in [0, 0.1) is 39.3 Å². The van der Waals surface area contributed by atoms with Crippen LogP contribution in [0.5, 0.6) is 0 Å². The molecule has 2 rings (SSSR count). The quantitative estimate of drug-likeness (QED) is 0.681. The van der Waals surface area contributed by atoms with Gasteiger partial charge in [0.25, 0.3) is 0 Å². The first kappa shape index (κ1) is 19.1. The zero-order valence-electron chi connectivity index (χ0n) is 15.4. The number of rotatable bonds is 5. The molecule has 0 fully saturated rings. The first-order valence-electron chi connectivity index (χ1n) is 8.47. The molecule has 0 saturated heterocycles. The maximum Gasteiger partial charge on any atom is 0.306 e. The summed E-state index contributed by atoms with van der Waals surface area (Å²) in [4.78, 5) is 11.6. The molecule has 0 bridgehead atoms. The molecule has 0 amide bonds. The summed E-state index contributed by atoms with van der Waals surface area (Å²) in [5.41, 5.74) is 4.46. The van der Waals surface area contributed by atoms with Crippen molar-refractivity contribution in [3.8, 4) is 11.1 Å². The van der Waals surface area contributed by atoms with Gasteiger partial charge in [-0.1, -0.05) is 17.7 Å². The molecule has 0 aliphatic carbocycles. The summed E-state index contributed by atoms with van der Waals surface area (Å²) in [6.45, 7) is 9.40. The normalized spacial score (nSPS) is 10.8. The van der Waals surface area contributed by atoms with E-state index in [0.29, 0.717) is 11.1 Å². The van der Waals surface area contributed by atoms with Crippen molar-refractivity contribution in [2.75, 3.05) is 6.61 Å². The molecular weight excluding hydrogens is 322 g/mol. The van der Waals surface area contributed by atoms with Crippen molar-refractivity contribution in [3.05, 3.63) is 57.7 Å². The monoisotopic (exact) mass is 346 g/mol. The molecule has 0 heterocycles. The van der Waals surface area contributed by atoms with Crippen LogP contribution in [0.3, 0.4) is 0 Å². The number of benzene rings is 2. The van der Waals surface area contributed by atoms with E-state index in [1.807, 2.05) is 32.9 Å². The van der Waals surface area contributed by atoms with Crippen molar-refractivity contribution in [2.24, 2.45) is 0 Å². The molecule has 2 aromatic carbocycles. The standard InChI is InChI=1S/C21H24F2O2/c1-6-25-18(24)8-7-16-20(22)15(5)11-17(21(16)23)19-13(3)9-12(2)10-14(19)4/h9-11H,6-8H2,1-5H3. The molecule has 0 unspecified atom stereocenters. The van der Waals surface area contributed by atoms with E-state index in [1.54, 1.807) is 19.9 Å². The fraction of sp³-hybridized carbons (Fsp3) is 0.381. The molecule has 0 N–H and O–H groups in total. The number of esters is 1. The molecule has 0 atom stereocenters. The second-order valence-corrected chi connectivity index (χ2v) is 6.43.